The van der Waals surface area contributed by atoms with E-state index in [1.807, 2.05) is 11.7 Å². The molecule has 0 amide bonds. The maximum absolute atomic E-state index is 4.84. The lowest BCUT2D eigenvalue weighted by atomic mass is 10.0. The van der Waals surface area contributed by atoms with E-state index in [0.29, 0.717) is 5.92 Å². The van der Waals surface area contributed by atoms with Crippen LogP contribution in [0, 0.1) is 0 Å². The van der Waals surface area contributed by atoms with Gasteiger partial charge in [0.15, 0.2) is 5.82 Å². The van der Waals surface area contributed by atoms with E-state index in [4.69, 9.17) is 4.98 Å². The summed E-state index contributed by atoms with van der Waals surface area (Å²) in [6.07, 6.45) is 7.97. The highest BCUT2D eigenvalue weighted by atomic mass is 79.9. The molecular formula is C15H19BrN4S. The Labute approximate surface area is 137 Å². The Bertz CT molecular complexity index is 594. The van der Waals surface area contributed by atoms with Crippen molar-refractivity contribution in [2.75, 3.05) is 11.9 Å². The van der Waals surface area contributed by atoms with Crippen molar-refractivity contribution < 1.29 is 0 Å². The highest BCUT2D eigenvalue weighted by molar-refractivity contribution is 9.10. The van der Waals surface area contributed by atoms with Crippen LogP contribution in [0.3, 0.4) is 0 Å². The fourth-order valence-corrected chi connectivity index (χ4v) is 3.93. The molecule has 0 aromatic carbocycles. The number of nitrogens with zero attached hydrogens (tertiary/aromatic N) is 3. The van der Waals surface area contributed by atoms with Crippen molar-refractivity contribution >= 4 is 33.1 Å². The molecule has 21 heavy (non-hydrogen) atoms. The third kappa shape index (κ3) is 3.26. The molecule has 1 saturated carbocycles. The van der Waals surface area contributed by atoms with Crippen LogP contribution >= 0.6 is 27.3 Å². The first kappa shape index (κ1) is 14.9. The van der Waals surface area contributed by atoms with Crippen LogP contribution in [-0.4, -0.2) is 21.5 Å². The molecule has 2 aromatic rings. The predicted octanol–water partition coefficient (Wildman–Crippen LogP) is 4.84. The molecule has 0 bridgehead atoms. The number of halogens is 1. The first-order chi connectivity index (χ1) is 10.3. The standard InChI is InChI=1S/C15H19BrN4S/c1-2-7-18-15-12(16)13(10-5-3-4-6-10)19-14(20-15)11-8-17-9-21-11/h8-10H,2-7H2,1H3,(H,18,19,20). The number of thiazole rings is 1. The Balaban J connectivity index is 2.02. The highest BCUT2D eigenvalue weighted by Gasteiger charge is 2.24. The summed E-state index contributed by atoms with van der Waals surface area (Å²) in [6, 6.07) is 0. The second kappa shape index (κ2) is 6.83. The number of aromatic nitrogens is 3. The molecular weight excluding hydrogens is 348 g/mol. The molecule has 0 unspecified atom stereocenters. The minimum atomic E-state index is 0.552. The van der Waals surface area contributed by atoms with E-state index in [-0.39, 0.29) is 0 Å². The highest BCUT2D eigenvalue weighted by Crippen LogP contribution is 2.40. The molecule has 0 radical (unpaired) electrons. The average Bonchev–Trinajstić information content (AvgIpc) is 3.19. The van der Waals surface area contributed by atoms with Gasteiger partial charge in [0, 0.05) is 18.7 Å². The fraction of sp³-hybridized carbons (Fsp3) is 0.533. The fourth-order valence-electron chi connectivity index (χ4n) is 2.73. The van der Waals surface area contributed by atoms with Crippen molar-refractivity contribution in [3.05, 3.63) is 21.9 Å². The van der Waals surface area contributed by atoms with Crippen molar-refractivity contribution in [3.8, 4) is 10.7 Å². The minimum absolute atomic E-state index is 0.552. The summed E-state index contributed by atoms with van der Waals surface area (Å²) in [4.78, 5) is 14.7. The van der Waals surface area contributed by atoms with Crippen molar-refractivity contribution in [2.45, 2.75) is 44.9 Å². The second-order valence-corrected chi connectivity index (χ2v) is 7.05. The number of anilines is 1. The van der Waals surface area contributed by atoms with Gasteiger partial charge in [0.2, 0.25) is 0 Å². The molecule has 2 heterocycles. The zero-order valence-corrected chi connectivity index (χ0v) is 14.5. The third-order valence-electron chi connectivity index (χ3n) is 3.81. The molecule has 0 spiro atoms. The number of hydrogen-bond donors (Lipinski definition) is 1. The zero-order chi connectivity index (χ0) is 14.7. The smallest absolute Gasteiger partial charge is 0.173 e. The first-order valence-electron chi connectivity index (χ1n) is 7.49. The van der Waals surface area contributed by atoms with Gasteiger partial charge in [-0.2, -0.15) is 0 Å². The van der Waals surface area contributed by atoms with Crippen LogP contribution in [0.5, 0.6) is 0 Å². The Morgan fingerprint density at radius 3 is 2.81 bits per heavy atom. The van der Waals surface area contributed by atoms with Gasteiger partial charge < -0.3 is 5.32 Å². The summed E-state index contributed by atoms with van der Waals surface area (Å²) in [5.74, 6) is 2.26. The van der Waals surface area contributed by atoms with Gasteiger partial charge in [-0.1, -0.05) is 19.8 Å². The summed E-state index contributed by atoms with van der Waals surface area (Å²) in [5, 5.41) is 3.42. The van der Waals surface area contributed by atoms with E-state index in [2.05, 4.69) is 38.1 Å². The summed E-state index contributed by atoms with van der Waals surface area (Å²) >= 11 is 5.31. The number of nitrogens with one attached hydrogen (secondary N) is 1. The number of rotatable bonds is 5. The van der Waals surface area contributed by atoms with E-state index in [9.17, 15) is 0 Å². The topological polar surface area (TPSA) is 50.7 Å². The van der Waals surface area contributed by atoms with Crippen LogP contribution in [0.4, 0.5) is 5.82 Å². The quantitative estimate of drug-likeness (QED) is 0.821. The van der Waals surface area contributed by atoms with Crippen molar-refractivity contribution in [1.29, 1.82) is 0 Å². The monoisotopic (exact) mass is 366 g/mol. The van der Waals surface area contributed by atoms with Gasteiger partial charge in [-0.15, -0.1) is 11.3 Å². The molecule has 0 saturated heterocycles. The first-order valence-corrected chi connectivity index (χ1v) is 9.17. The Hall–Kier alpha value is -1.01. The van der Waals surface area contributed by atoms with Gasteiger partial charge in [-0.25, -0.2) is 9.97 Å². The summed E-state index contributed by atoms with van der Waals surface area (Å²) in [7, 11) is 0. The zero-order valence-electron chi connectivity index (χ0n) is 12.1. The normalized spacial score (nSPS) is 15.5. The van der Waals surface area contributed by atoms with E-state index in [0.717, 1.165) is 39.7 Å². The van der Waals surface area contributed by atoms with Crippen molar-refractivity contribution in [3.63, 3.8) is 0 Å². The molecule has 1 N–H and O–H groups in total. The van der Waals surface area contributed by atoms with E-state index in [1.54, 1.807) is 11.3 Å². The Morgan fingerprint density at radius 1 is 1.33 bits per heavy atom. The summed E-state index contributed by atoms with van der Waals surface area (Å²) in [5.41, 5.74) is 2.99. The lowest BCUT2D eigenvalue weighted by Crippen LogP contribution is -2.09. The van der Waals surface area contributed by atoms with Gasteiger partial charge in [-0.05, 0) is 35.2 Å². The van der Waals surface area contributed by atoms with Gasteiger partial charge in [-0.3, -0.25) is 4.98 Å². The molecule has 0 atom stereocenters. The molecule has 4 nitrogen and oxygen atoms in total. The van der Waals surface area contributed by atoms with Gasteiger partial charge >= 0.3 is 0 Å². The van der Waals surface area contributed by atoms with E-state index < -0.39 is 0 Å². The summed E-state index contributed by atoms with van der Waals surface area (Å²) < 4.78 is 1.04. The largest absolute Gasteiger partial charge is 0.369 e. The molecule has 1 fully saturated rings. The van der Waals surface area contributed by atoms with Gasteiger partial charge in [0.25, 0.3) is 0 Å². The predicted molar refractivity (Wildman–Crippen MR) is 90.8 cm³/mol. The SMILES string of the molecule is CCCNc1nc(-c2cncs2)nc(C2CCCC2)c1Br. The van der Waals surface area contributed by atoms with Crippen LogP contribution in [0.1, 0.15) is 50.6 Å². The second-order valence-electron chi connectivity index (χ2n) is 5.37. The molecule has 112 valence electrons. The van der Waals surface area contributed by atoms with Crippen LogP contribution in [0.25, 0.3) is 10.7 Å². The number of hydrogen-bond acceptors (Lipinski definition) is 5. The maximum atomic E-state index is 4.84. The van der Waals surface area contributed by atoms with Crippen LogP contribution in [0.2, 0.25) is 0 Å². The average molecular weight is 367 g/mol. The third-order valence-corrected chi connectivity index (χ3v) is 5.36. The summed E-state index contributed by atoms with van der Waals surface area (Å²) in [6.45, 7) is 3.08. The van der Waals surface area contributed by atoms with E-state index >= 15 is 0 Å². The molecule has 0 aliphatic heterocycles. The molecule has 1 aliphatic rings. The minimum Gasteiger partial charge on any atom is -0.369 e. The van der Waals surface area contributed by atoms with Crippen molar-refractivity contribution in [1.82, 2.24) is 15.0 Å². The van der Waals surface area contributed by atoms with Crippen LogP contribution in [0.15, 0.2) is 16.2 Å². The Kier molecular flexibility index (Phi) is 4.85. The molecule has 3 rings (SSSR count). The van der Waals surface area contributed by atoms with Gasteiger partial charge in [0.1, 0.15) is 5.82 Å². The van der Waals surface area contributed by atoms with Gasteiger partial charge in [0.05, 0.1) is 20.6 Å². The van der Waals surface area contributed by atoms with Crippen molar-refractivity contribution in [2.24, 2.45) is 0 Å². The Morgan fingerprint density at radius 2 is 2.14 bits per heavy atom. The van der Waals surface area contributed by atoms with Crippen LogP contribution < -0.4 is 5.32 Å². The molecule has 2 aromatic heterocycles. The lowest BCUT2D eigenvalue weighted by molar-refractivity contribution is 0.691. The van der Waals surface area contributed by atoms with E-state index in [1.165, 1.54) is 25.7 Å². The van der Waals surface area contributed by atoms with Crippen LogP contribution in [-0.2, 0) is 0 Å². The maximum Gasteiger partial charge on any atom is 0.173 e. The molecule has 6 heteroatoms. The lowest BCUT2D eigenvalue weighted by Gasteiger charge is -2.16. The molecule has 1 aliphatic carbocycles.